The highest BCUT2D eigenvalue weighted by molar-refractivity contribution is 5.92. The van der Waals surface area contributed by atoms with E-state index in [1.807, 2.05) is 0 Å². The molecule has 1 fully saturated rings. The van der Waals surface area contributed by atoms with Crippen molar-refractivity contribution in [1.29, 1.82) is 0 Å². The zero-order chi connectivity index (χ0) is 19.1. The number of aromatic nitrogens is 2. The summed E-state index contributed by atoms with van der Waals surface area (Å²) in [5.74, 6) is 0.817. The van der Waals surface area contributed by atoms with Crippen LogP contribution in [-0.2, 0) is 13.6 Å². The fourth-order valence-electron chi connectivity index (χ4n) is 4.91. The topological polar surface area (TPSA) is 50.2 Å². The summed E-state index contributed by atoms with van der Waals surface area (Å²) in [6.45, 7) is 2.98. The van der Waals surface area contributed by atoms with Gasteiger partial charge < -0.3 is 5.32 Å². The molecule has 5 rings (SSSR count). The molecule has 28 heavy (non-hydrogen) atoms. The second-order valence-corrected chi connectivity index (χ2v) is 7.87. The number of benzene rings is 2. The Kier molecular flexibility index (Phi) is 4.24. The number of aryl methyl sites for hydroxylation is 1. The molecule has 3 atom stereocenters. The third-order valence-corrected chi connectivity index (χ3v) is 6.19. The van der Waals surface area contributed by atoms with Crippen molar-refractivity contribution in [3.8, 4) is 0 Å². The minimum absolute atomic E-state index is 0.0457. The first kappa shape index (κ1) is 17.2. The van der Waals surface area contributed by atoms with Crippen LogP contribution in [0.3, 0.4) is 0 Å². The van der Waals surface area contributed by atoms with Crippen LogP contribution >= 0.6 is 0 Å². The molecule has 1 amide bonds. The van der Waals surface area contributed by atoms with E-state index in [-0.39, 0.29) is 11.9 Å². The van der Waals surface area contributed by atoms with Gasteiger partial charge in [0.1, 0.15) is 5.69 Å². The highest BCUT2D eigenvalue weighted by Gasteiger charge is 2.46. The molecule has 1 saturated heterocycles. The third-order valence-electron chi connectivity index (χ3n) is 6.19. The maximum absolute atomic E-state index is 12.9. The molecule has 0 spiro atoms. The van der Waals surface area contributed by atoms with Crippen LogP contribution in [0.25, 0.3) is 0 Å². The molecule has 1 aromatic heterocycles. The summed E-state index contributed by atoms with van der Waals surface area (Å²) >= 11 is 0. The molecule has 0 unspecified atom stereocenters. The molecule has 0 saturated carbocycles. The van der Waals surface area contributed by atoms with E-state index < -0.39 is 0 Å². The zero-order valence-electron chi connectivity index (χ0n) is 16.0. The summed E-state index contributed by atoms with van der Waals surface area (Å²) in [6.07, 6.45) is 1.66. The predicted octanol–water partition coefficient (Wildman–Crippen LogP) is 3.12. The second-order valence-electron chi connectivity index (χ2n) is 7.87. The molecule has 3 aromatic rings. The summed E-state index contributed by atoms with van der Waals surface area (Å²) < 4.78 is 1.63. The number of amides is 1. The van der Waals surface area contributed by atoms with Gasteiger partial charge in [0.15, 0.2) is 0 Å². The largest absolute Gasteiger partial charge is 0.344 e. The van der Waals surface area contributed by atoms with Crippen LogP contribution in [0.4, 0.5) is 0 Å². The molecule has 0 radical (unpaired) electrons. The number of fused-ring (bicyclic) bond motifs is 3. The van der Waals surface area contributed by atoms with Crippen LogP contribution in [0.2, 0.25) is 0 Å². The Balaban J connectivity index is 1.40. The lowest BCUT2D eigenvalue weighted by Gasteiger charge is -2.23. The van der Waals surface area contributed by atoms with E-state index in [9.17, 15) is 4.79 Å². The van der Waals surface area contributed by atoms with E-state index in [2.05, 4.69) is 69.9 Å². The van der Waals surface area contributed by atoms with Crippen molar-refractivity contribution in [2.45, 2.75) is 18.5 Å². The molecule has 1 aliphatic heterocycles. The third kappa shape index (κ3) is 2.92. The van der Waals surface area contributed by atoms with Crippen LogP contribution in [0, 0.1) is 5.92 Å². The number of carbonyl (C=O) groups is 1. The van der Waals surface area contributed by atoms with Crippen molar-refractivity contribution in [2.75, 3.05) is 13.1 Å². The van der Waals surface area contributed by atoms with Crippen LogP contribution < -0.4 is 5.32 Å². The van der Waals surface area contributed by atoms with E-state index in [4.69, 9.17) is 0 Å². The van der Waals surface area contributed by atoms with Crippen LogP contribution in [0.5, 0.6) is 0 Å². The fourth-order valence-corrected chi connectivity index (χ4v) is 4.91. The number of likely N-dealkylation sites (tertiary alicyclic amines) is 1. The number of nitrogens with zero attached hydrogens (tertiary/aromatic N) is 3. The van der Waals surface area contributed by atoms with Gasteiger partial charge in [0, 0.05) is 44.7 Å². The first-order valence-corrected chi connectivity index (χ1v) is 9.84. The Morgan fingerprint density at radius 3 is 2.54 bits per heavy atom. The number of hydrogen-bond acceptors (Lipinski definition) is 3. The predicted molar refractivity (Wildman–Crippen MR) is 108 cm³/mol. The molecule has 5 heteroatoms. The van der Waals surface area contributed by atoms with Gasteiger partial charge >= 0.3 is 0 Å². The molecular formula is C23H24N4O. The quantitative estimate of drug-likeness (QED) is 0.766. The second kappa shape index (κ2) is 6.91. The van der Waals surface area contributed by atoms with E-state index in [1.54, 1.807) is 24.0 Å². The zero-order valence-corrected chi connectivity index (χ0v) is 16.0. The summed E-state index contributed by atoms with van der Waals surface area (Å²) in [5.41, 5.74) is 4.59. The lowest BCUT2D eigenvalue weighted by Crippen LogP contribution is -2.34. The van der Waals surface area contributed by atoms with Gasteiger partial charge in [-0.1, -0.05) is 54.6 Å². The number of rotatable bonds is 4. The molecule has 1 aliphatic carbocycles. The number of nitrogens with one attached hydrogen (secondary N) is 1. The SMILES string of the molecule is Cn1nccc1C(=O)N[C@@H]1c2ccccc2[C@@H]2CN(Cc3ccccc3)C[C@H]12. The van der Waals surface area contributed by atoms with Gasteiger partial charge in [-0.3, -0.25) is 14.4 Å². The van der Waals surface area contributed by atoms with Gasteiger partial charge in [0.05, 0.1) is 6.04 Å². The Hall–Kier alpha value is -2.92. The minimum Gasteiger partial charge on any atom is -0.344 e. The van der Waals surface area contributed by atoms with Gasteiger partial charge in [-0.05, 0) is 22.8 Å². The van der Waals surface area contributed by atoms with Gasteiger partial charge in [0.25, 0.3) is 5.91 Å². The van der Waals surface area contributed by atoms with Gasteiger partial charge in [-0.2, -0.15) is 5.10 Å². The average Bonchev–Trinajstić information content (AvgIpc) is 3.39. The lowest BCUT2D eigenvalue weighted by molar-refractivity contribution is 0.0914. The van der Waals surface area contributed by atoms with Crippen molar-refractivity contribution in [2.24, 2.45) is 13.0 Å². The van der Waals surface area contributed by atoms with E-state index in [0.29, 0.717) is 17.5 Å². The Morgan fingerprint density at radius 2 is 1.79 bits per heavy atom. The van der Waals surface area contributed by atoms with Crippen molar-refractivity contribution in [1.82, 2.24) is 20.0 Å². The van der Waals surface area contributed by atoms with Crippen molar-refractivity contribution >= 4 is 5.91 Å². The monoisotopic (exact) mass is 372 g/mol. The van der Waals surface area contributed by atoms with E-state index in [1.165, 1.54) is 16.7 Å². The standard InChI is InChI=1S/C23H24N4O/c1-26-21(11-12-24-26)23(28)25-22-18-10-6-5-9-17(18)19-14-27(15-20(19)22)13-16-7-3-2-4-8-16/h2-12,19-20,22H,13-15H2,1H3,(H,25,28)/t19-,20-,22+/m0/s1. The molecular weight excluding hydrogens is 348 g/mol. The van der Waals surface area contributed by atoms with Crippen LogP contribution in [0.15, 0.2) is 66.9 Å². The number of hydrogen-bond donors (Lipinski definition) is 1. The Bertz CT molecular complexity index is 997. The van der Waals surface area contributed by atoms with Gasteiger partial charge in [-0.15, -0.1) is 0 Å². The normalized spacial score (nSPS) is 23.4. The maximum Gasteiger partial charge on any atom is 0.270 e. The van der Waals surface area contributed by atoms with Crippen molar-refractivity contribution in [3.05, 3.63) is 89.2 Å². The molecule has 2 heterocycles. The summed E-state index contributed by atoms with van der Waals surface area (Å²) in [5, 5.41) is 7.44. The molecule has 142 valence electrons. The highest BCUT2D eigenvalue weighted by atomic mass is 16.2. The highest BCUT2D eigenvalue weighted by Crippen LogP contribution is 2.49. The molecule has 5 nitrogen and oxygen atoms in total. The minimum atomic E-state index is -0.0537. The smallest absolute Gasteiger partial charge is 0.270 e. The maximum atomic E-state index is 12.9. The Labute approximate surface area is 165 Å². The molecule has 2 aliphatic rings. The van der Waals surface area contributed by atoms with Gasteiger partial charge in [-0.25, -0.2) is 0 Å². The van der Waals surface area contributed by atoms with E-state index >= 15 is 0 Å². The summed E-state index contributed by atoms with van der Waals surface area (Å²) in [7, 11) is 1.80. The van der Waals surface area contributed by atoms with Gasteiger partial charge in [0.2, 0.25) is 0 Å². The summed E-state index contributed by atoms with van der Waals surface area (Å²) in [6, 6.07) is 21.0. The first-order chi connectivity index (χ1) is 13.7. The van der Waals surface area contributed by atoms with E-state index in [0.717, 1.165) is 19.6 Å². The molecule has 0 bridgehead atoms. The van der Waals surface area contributed by atoms with Crippen molar-refractivity contribution < 1.29 is 4.79 Å². The average molecular weight is 372 g/mol. The molecule has 2 aromatic carbocycles. The Morgan fingerprint density at radius 1 is 1.04 bits per heavy atom. The fraction of sp³-hybridized carbons (Fsp3) is 0.304. The molecule has 1 N–H and O–H groups in total. The van der Waals surface area contributed by atoms with Crippen LogP contribution in [-0.4, -0.2) is 33.7 Å². The first-order valence-electron chi connectivity index (χ1n) is 9.84. The number of carbonyl (C=O) groups excluding carboxylic acids is 1. The summed E-state index contributed by atoms with van der Waals surface area (Å²) in [4.78, 5) is 15.4. The lowest BCUT2D eigenvalue weighted by atomic mass is 9.94. The van der Waals surface area contributed by atoms with Crippen LogP contribution in [0.1, 0.15) is 39.1 Å². The van der Waals surface area contributed by atoms with Crippen molar-refractivity contribution in [3.63, 3.8) is 0 Å².